The molecule has 1 aliphatic rings. The zero-order valence-corrected chi connectivity index (χ0v) is 21.9. The Morgan fingerprint density at radius 3 is 2.63 bits per heavy atom. The molecule has 0 atom stereocenters. The van der Waals surface area contributed by atoms with Crippen LogP contribution in [0.4, 0.5) is 23.1 Å². The molecule has 0 unspecified atom stereocenters. The van der Waals surface area contributed by atoms with Gasteiger partial charge in [0, 0.05) is 17.8 Å². The number of nitrogens with zero attached hydrogens (tertiary/aromatic N) is 2. The molecule has 0 aliphatic carbocycles. The van der Waals surface area contributed by atoms with Gasteiger partial charge in [0.2, 0.25) is 5.95 Å². The molecule has 0 spiro atoms. The van der Waals surface area contributed by atoms with Gasteiger partial charge in [-0.3, -0.25) is 0 Å². The average molecular weight is 572 g/mol. The topological polar surface area (TPSA) is 105 Å². The van der Waals surface area contributed by atoms with Gasteiger partial charge >= 0.3 is 0 Å². The first-order valence-corrected chi connectivity index (χ1v) is 13.5. The van der Waals surface area contributed by atoms with Crippen LogP contribution in [0.2, 0.25) is 5.02 Å². The number of aromatic nitrogens is 2. The summed E-state index contributed by atoms with van der Waals surface area (Å²) in [7, 11) is -5.46. The Balaban J connectivity index is 1.81. The first-order valence-electron chi connectivity index (χ1n) is 18.6. The normalized spacial score (nSPS) is 21.9. The van der Waals surface area contributed by atoms with Crippen LogP contribution in [0.3, 0.4) is 0 Å². The van der Waals surface area contributed by atoms with Crippen molar-refractivity contribution >= 4 is 44.6 Å². The minimum Gasteiger partial charge on any atom is -0.489 e. The van der Waals surface area contributed by atoms with E-state index in [0.717, 1.165) is 30.7 Å². The molecule has 0 amide bonds. The lowest BCUT2D eigenvalue weighted by molar-refractivity contribution is 0.243. The van der Waals surface area contributed by atoms with Gasteiger partial charge in [0.25, 0.3) is 0 Å². The fourth-order valence-electron chi connectivity index (χ4n) is 4.25. The molecule has 2 heterocycles. The predicted molar refractivity (Wildman–Crippen MR) is 154 cm³/mol. The minimum absolute atomic E-state index is 0.00956. The van der Waals surface area contributed by atoms with Gasteiger partial charge in [-0.2, -0.15) is 4.98 Å². The second kappa shape index (κ2) is 11.9. The molecule has 38 heavy (non-hydrogen) atoms. The third-order valence-electron chi connectivity index (χ3n) is 6.05. The van der Waals surface area contributed by atoms with Crippen molar-refractivity contribution in [3.63, 3.8) is 0 Å². The van der Waals surface area contributed by atoms with E-state index in [2.05, 4.69) is 25.9 Å². The van der Waals surface area contributed by atoms with Gasteiger partial charge in [0.1, 0.15) is 10.8 Å². The smallest absolute Gasteiger partial charge is 0.229 e. The maximum Gasteiger partial charge on any atom is 0.229 e. The predicted octanol–water partition coefficient (Wildman–Crippen LogP) is 6.36. The number of halogens is 1. The average Bonchev–Trinajstić information content (AvgIpc) is 3.01. The number of nitrogens with one attached hydrogen (secondary N) is 3. The molecule has 4 rings (SSSR count). The van der Waals surface area contributed by atoms with E-state index in [1.807, 2.05) is 0 Å². The Hall–Kier alpha value is -2.88. The summed E-state index contributed by atoms with van der Waals surface area (Å²) in [6, 6.07) is 7.68. The number of rotatable bonds is 9. The SMILES string of the molecule is [2H]C([2H])([2H])C([2H])(Oc1cc(C2CCNCC2)c(C)cc1Nc1ncc(Cl)c(Nc2ccccc2S(=O)(=O)C([2H])(C([2H])([2H])[2H])C([2H])([2H])[2H])n1)C([2H])([2H])[2H]. The molecule has 1 fully saturated rings. The third-order valence-corrected chi connectivity index (χ3v) is 7.80. The Morgan fingerprint density at radius 2 is 1.89 bits per heavy atom. The minimum atomic E-state index is -5.46. The fraction of sp³-hybridized carbons (Fsp3) is 0.429. The summed E-state index contributed by atoms with van der Waals surface area (Å²) in [4.78, 5) is 7.52. The number of piperidine rings is 1. The molecular formula is C28H36ClN5O3S. The molecule has 8 nitrogen and oxygen atoms in total. The first-order chi connectivity index (χ1) is 23.7. The van der Waals surface area contributed by atoms with Crippen molar-refractivity contribution in [1.29, 1.82) is 0 Å². The highest BCUT2D eigenvalue weighted by atomic mass is 35.5. The van der Waals surface area contributed by atoms with Gasteiger partial charge in [0.15, 0.2) is 15.7 Å². The summed E-state index contributed by atoms with van der Waals surface area (Å²) in [6.07, 6.45) is -0.850. The monoisotopic (exact) mass is 571 g/mol. The van der Waals surface area contributed by atoms with Crippen molar-refractivity contribution in [2.24, 2.45) is 0 Å². The molecule has 3 aromatic rings. The molecule has 0 bridgehead atoms. The van der Waals surface area contributed by atoms with Crippen molar-refractivity contribution in [2.45, 2.75) is 69.3 Å². The van der Waals surface area contributed by atoms with Crippen LogP contribution in [0, 0.1) is 6.92 Å². The molecule has 1 saturated heterocycles. The summed E-state index contributed by atoms with van der Waals surface area (Å²) in [6.45, 7) is -11.2. The maximum atomic E-state index is 13.7. The molecule has 0 radical (unpaired) electrons. The Bertz CT molecular complexity index is 1870. The number of benzene rings is 2. The van der Waals surface area contributed by atoms with Crippen LogP contribution < -0.4 is 20.7 Å². The van der Waals surface area contributed by atoms with Crippen molar-refractivity contribution in [3.8, 4) is 5.75 Å². The van der Waals surface area contributed by atoms with E-state index in [9.17, 15) is 8.42 Å². The molecular weight excluding hydrogens is 522 g/mol. The zero-order chi connectivity index (χ0) is 39.3. The van der Waals surface area contributed by atoms with E-state index in [1.165, 1.54) is 24.3 Å². The van der Waals surface area contributed by atoms with Gasteiger partial charge in [-0.05, 0) is 102 Å². The van der Waals surface area contributed by atoms with E-state index in [4.69, 9.17) is 35.5 Å². The lowest BCUT2D eigenvalue weighted by Gasteiger charge is -2.26. The molecule has 10 heteroatoms. The summed E-state index contributed by atoms with van der Waals surface area (Å²) in [5.74, 6) is -0.822. The number of hydrogen-bond acceptors (Lipinski definition) is 8. The Morgan fingerprint density at radius 1 is 1.13 bits per heavy atom. The Kier molecular flexibility index (Phi) is 4.71. The molecule has 3 N–H and O–H groups in total. The number of aryl methyl sites for hydroxylation is 1. The van der Waals surface area contributed by atoms with Crippen molar-refractivity contribution in [3.05, 3.63) is 58.7 Å². The standard InChI is InChI=1S/C28H36ClN5O3S/c1-17(2)37-25-15-21(20-10-12-30-13-11-20)19(5)14-24(25)33-28-31-16-22(29)27(34-28)32-23-8-6-7-9-26(23)38(35,36)18(3)4/h6-9,14-18,20,30H,10-13H2,1-5H3,(H2,31,32,33,34)/i1D3,2D3,3D3,4D3,17D,18D. The summed E-state index contributed by atoms with van der Waals surface area (Å²) < 4.78 is 143. The van der Waals surface area contributed by atoms with E-state index in [1.54, 1.807) is 13.0 Å². The molecule has 0 saturated carbocycles. The molecule has 2 aromatic carbocycles. The van der Waals surface area contributed by atoms with E-state index in [-0.39, 0.29) is 39.8 Å². The second-order valence-corrected chi connectivity index (χ2v) is 10.9. The molecule has 1 aromatic heterocycles. The number of ether oxygens (including phenoxy) is 1. The van der Waals surface area contributed by atoms with Gasteiger partial charge in [-0.15, -0.1) is 0 Å². The van der Waals surface area contributed by atoms with Crippen LogP contribution in [0.1, 0.15) is 76.5 Å². The highest BCUT2D eigenvalue weighted by Gasteiger charge is 2.24. The summed E-state index contributed by atoms with van der Waals surface area (Å²) in [5.41, 5.74) is 1.07. The van der Waals surface area contributed by atoms with Crippen LogP contribution in [0.5, 0.6) is 5.75 Å². The quantitative estimate of drug-likeness (QED) is 0.272. The summed E-state index contributed by atoms with van der Waals surface area (Å²) in [5, 5.41) is 4.56. The summed E-state index contributed by atoms with van der Waals surface area (Å²) >= 11 is 6.34. The third kappa shape index (κ3) is 6.39. The number of anilines is 4. The zero-order valence-electron chi connectivity index (χ0n) is 34.4. The molecule has 204 valence electrons. The van der Waals surface area contributed by atoms with E-state index < -0.39 is 53.4 Å². The van der Waals surface area contributed by atoms with Crippen LogP contribution in [-0.2, 0) is 9.84 Å². The highest BCUT2D eigenvalue weighted by molar-refractivity contribution is 7.92. The maximum absolute atomic E-state index is 13.7. The van der Waals surface area contributed by atoms with Crippen LogP contribution in [0.25, 0.3) is 0 Å². The first kappa shape index (κ1) is 15.1. The molecule has 1 aliphatic heterocycles. The van der Waals surface area contributed by atoms with Crippen molar-refractivity contribution < 1.29 is 32.3 Å². The van der Waals surface area contributed by atoms with Gasteiger partial charge in [-0.25, -0.2) is 13.4 Å². The van der Waals surface area contributed by atoms with Crippen LogP contribution >= 0.6 is 11.6 Å². The fourth-order valence-corrected chi connectivity index (χ4v) is 5.27. The number of para-hydroxylation sites is 1. The van der Waals surface area contributed by atoms with Crippen LogP contribution in [-0.4, -0.2) is 42.8 Å². The van der Waals surface area contributed by atoms with Crippen LogP contribution in [0.15, 0.2) is 47.5 Å². The largest absolute Gasteiger partial charge is 0.489 e. The van der Waals surface area contributed by atoms with Crippen molar-refractivity contribution in [2.75, 3.05) is 23.7 Å². The number of hydrogen-bond donors (Lipinski definition) is 3. The van der Waals surface area contributed by atoms with E-state index in [0.29, 0.717) is 18.7 Å². The lowest BCUT2D eigenvalue weighted by Crippen LogP contribution is -2.27. The Labute approximate surface area is 250 Å². The lowest BCUT2D eigenvalue weighted by atomic mass is 9.87. The number of sulfone groups is 1. The van der Waals surface area contributed by atoms with E-state index >= 15 is 0 Å². The second-order valence-electron chi connectivity index (χ2n) is 8.63. The van der Waals surface area contributed by atoms with Crippen molar-refractivity contribution in [1.82, 2.24) is 15.3 Å². The highest BCUT2D eigenvalue weighted by Crippen LogP contribution is 2.37. The van der Waals surface area contributed by atoms with Gasteiger partial charge < -0.3 is 20.7 Å². The van der Waals surface area contributed by atoms with Gasteiger partial charge in [0.05, 0.1) is 35.1 Å². The van der Waals surface area contributed by atoms with Gasteiger partial charge in [-0.1, -0.05) is 23.7 Å².